The summed E-state index contributed by atoms with van der Waals surface area (Å²) in [4.78, 5) is 2.33. The van der Waals surface area contributed by atoms with Crippen molar-refractivity contribution in [2.45, 2.75) is 46.1 Å². The quantitative estimate of drug-likeness (QED) is 0.340. The third-order valence-electron chi connectivity index (χ3n) is 5.29. The van der Waals surface area contributed by atoms with E-state index in [2.05, 4.69) is 23.3 Å². The maximum atomic E-state index is 13.3. The second-order valence-electron chi connectivity index (χ2n) is 8.34. The molecule has 0 amide bonds. The summed E-state index contributed by atoms with van der Waals surface area (Å²) >= 11 is 0. The minimum absolute atomic E-state index is 0.247. The van der Waals surface area contributed by atoms with Crippen LogP contribution in [0.4, 0.5) is 17.6 Å². The Morgan fingerprint density at radius 3 is 2.13 bits per heavy atom. The van der Waals surface area contributed by atoms with E-state index in [1.807, 2.05) is 18.3 Å². The Labute approximate surface area is 181 Å². The van der Waals surface area contributed by atoms with E-state index in [0.29, 0.717) is 25.6 Å². The second-order valence-corrected chi connectivity index (χ2v) is 8.34. The number of hydrogen-bond donors (Lipinski definition) is 0. The molecule has 0 spiro atoms. The fraction of sp³-hybridized carbons (Fsp3) is 0.360. The largest absolute Gasteiger partial charge is 0.416 e. The molecular weight excluding hydrogens is 404 g/mol. The standard InChI is InChI=1S/C25H28F4N2/c1-19(2)13-15-30(16-20-7-11-23(26)12-8-20)18-24-4-3-14-31(24)17-21-5-9-22(10-6-21)25(27,28)29/h3-12,14,19H,13,15-18H2,1-2H3. The molecule has 0 bridgehead atoms. The molecule has 1 heterocycles. The lowest BCUT2D eigenvalue weighted by Gasteiger charge is -2.24. The average molecular weight is 433 g/mol. The van der Waals surface area contributed by atoms with Gasteiger partial charge in [0.15, 0.2) is 0 Å². The third kappa shape index (κ3) is 6.96. The van der Waals surface area contributed by atoms with Crippen LogP contribution < -0.4 is 0 Å². The smallest absolute Gasteiger partial charge is 0.346 e. The molecule has 0 saturated heterocycles. The van der Waals surface area contributed by atoms with Crippen molar-refractivity contribution in [1.82, 2.24) is 9.47 Å². The number of halogens is 4. The molecule has 3 aromatic rings. The van der Waals surface area contributed by atoms with Gasteiger partial charge in [0.25, 0.3) is 0 Å². The van der Waals surface area contributed by atoms with Crippen molar-refractivity contribution in [2.24, 2.45) is 5.92 Å². The van der Waals surface area contributed by atoms with Crippen LogP contribution in [0.3, 0.4) is 0 Å². The molecule has 0 radical (unpaired) electrons. The lowest BCUT2D eigenvalue weighted by atomic mass is 10.1. The third-order valence-corrected chi connectivity index (χ3v) is 5.29. The first-order valence-electron chi connectivity index (χ1n) is 10.5. The highest BCUT2D eigenvalue weighted by Gasteiger charge is 2.29. The van der Waals surface area contributed by atoms with Crippen LogP contribution in [0, 0.1) is 11.7 Å². The Balaban J connectivity index is 1.71. The zero-order valence-electron chi connectivity index (χ0n) is 17.9. The summed E-state index contributed by atoms with van der Waals surface area (Å²) in [5, 5.41) is 0. The monoisotopic (exact) mass is 432 g/mol. The molecule has 0 N–H and O–H groups in total. The van der Waals surface area contributed by atoms with Gasteiger partial charge in [-0.05, 0) is 66.4 Å². The van der Waals surface area contributed by atoms with Gasteiger partial charge in [-0.25, -0.2) is 4.39 Å². The van der Waals surface area contributed by atoms with Gasteiger partial charge in [-0.1, -0.05) is 38.1 Å². The first-order chi connectivity index (χ1) is 14.7. The molecule has 2 aromatic carbocycles. The summed E-state index contributed by atoms with van der Waals surface area (Å²) in [6, 6.07) is 15.9. The van der Waals surface area contributed by atoms with Crippen molar-refractivity contribution >= 4 is 0 Å². The van der Waals surface area contributed by atoms with Gasteiger partial charge in [-0.3, -0.25) is 4.90 Å². The summed E-state index contributed by atoms with van der Waals surface area (Å²) in [6.07, 6.45) is -1.33. The molecule has 0 aliphatic rings. The van der Waals surface area contributed by atoms with Crippen LogP contribution in [0.2, 0.25) is 0 Å². The molecule has 0 atom stereocenters. The van der Waals surface area contributed by atoms with E-state index in [1.54, 1.807) is 12.1 Å². The maximum Gasteiger partial charge on any atom is 0.416 e. The topological polar surface area (TPSA) is 8.17 Å². The summed E-state index contributed by atoms with van der Waals surface area (Å²) in [7, 11) is 0. The highest BCUT2D eigenvalue weighted by molar-refractivity contribution is 5.25. The number of benzene rings is 2. The van der Waals surface area contributed by atoms with Crippen LogP contribution in [0.5, 0.6) is 0 Å². The van der Waals surface area contributed by atoms with Gasteiger partial charge in [0, 0.05) is 31.5 Å². The van der Waals surface area contributed by atoms with E-state index < -0.39 is 11.7 Å². The second kappa shape index (κ2) is 10.1. The van der Waals surface area contributed by atoms with Crippen LogP contribution in [0.1, 0.15) is 42.7 Å². The first-order valence-corrected chi connectivity index (χ1v) is 10.5. The SMILES string of the molecule is CC(C)CCN(Cc1ccc(F)cc1)Cc1cccn1Cc1ccc(C(F)(F)F)cc1. The lowest BCUT2D eigenvalue weighted by Crippen LogP contribution is -2.26. The number of rotatable bonds is 9. The lowest BCUT2D eigenvalue weighted by molar-refractivity contribution is -0.137. The molecule has 3 rings (SSSR count). The predicted molar refractivity (Wildman–Crippen MR) is 115 cm³/mol. The highest BCUT2D eigenvalue weighted by atomic mass is 19.4. The molecule has 6 heteroatoms. The summed E-state index contributed by atoms with van der Waals surface area (Å²) in [6.45, 7) is 7.19. The summed E-state index contributed by atoms with van der Waals surface area (Å²) in [5.41, 5.74) is 2.32. The van der Waals surface area contributed by atoms with Crippen LogP contribution in [0.25, 0.3) is 0 Å². The van der Waals surface area contributed by atoms with Gasteiger partial charge in [0.2, 0.25) is 0 Å². The average Bonchev–Trinajstić information content (AvgIpc) is 3.14. The predicted octanol–water partition coefficient (Wildman–Crippen LogP) is 6.74. The van der Waals surface area contributed by atoms with Gasteiger partial charge >= 0.3 is 6.18 Å². The van der Waals surface area contributed by atoms with Crippen molar-refractivity contribution < 1.29 is 17.6 Å². The van der Waals surface area contributed by atoms with Crippen LogP contribution >= 0.6 is 0 Å². The highest BCUT2D eigenvalue weighted by Crippen LogP contribution is 2.29. The van der Waals surface area contributed by atoms with Gasteiger partial charge in [-0.15, -0.1) is 0 Å². The number of hydrogen-bond acceptors (Lipinski definition) is 1. The van der Waals surface area contributed by atoms with Crippen LogP contribution in [-0.4, -0.2) is 16.0 Å². The molecule has 2 nitrogen and oxygen atoms in total. The number of alkyl halides is 3. The van der Waals surface area contributed by atoms with E-state index in [-0.39, 0.29) is 5.82 Å². The maximum absolute atomic E-state index is 13.3. The first kappa shape index (κ1) is 23.1. The van der Waals surface area contributed by atoms with Crippen molar-refractivity contribution in [3.63, 3.8) is 0 Å². The zero-order valence-corrected chi connectivity index (χ0v) is 17.9. The molecule has 0 aliphatic heterocycles. The molecule has 0 fully saturated rings. The van der Waals surface area contributed by atoms with E-state index in [1.165, 1.54) is 24.3 Å². The Kier molecular flexibility index (Phi) is 7.55. The van der Waals surface area contributed by atoms with Crippen LogP contribution in [0.15, 0.2) is 66.9 Å². The number of aromatic nitrogens is 1. The van der Waals surface area contributed by atoms with Crippen molar-refractivity contribution in [3.05, 3.63) is 95.1 Å². The zero-order chi connectivity index (χ0) is 22.4. The van der Waals surface area contributed by atoms with E-state index >= 15 is 0 Å². The van der Waals surface area contributed by atoms with E-state index in [9.17, 15) is 17.6 Å². The Morgan fingerprint density at radius 1 is 0.871 bits per heavy atom. The fourth-order valence-electron chi connectivity index (χ4n) is 3.47. The normalized spacial score (nSPS) is 12.1. The molecule has 1 aromatic heterocycles. The Bertz CT molecular complexity index is 941. The fourth-order valence-corrected chi connectivity index (χ4v) is 3.47. The van der Waals surface area contributed by atoms with Crippen molar-refractivity contribution in [3.8, 4) is 0 Å². The Hall–Kier alpha value is -2.60. The summed E-state index contributed by atoms with van der Waals surface area (Å²) in [5.74, 6) is 0.317. The van der Waals surface area contributed by atoms with E-state index in [0.717, 1.165) is 41.9 Å². The molecule has 0 saturated carbocycles. The van der Waals surface area contributed by atoms with Crippen LogP contribution in [-0.2, 0) is 25.8 Å². The minimum atomic E-state index is -4.32. The van der Waals surface area contributed by atoms with Gasteiger partial charge in [-0.2, -0.15) is 13.2 Å². The molecule has 0 aliphatic carbocycles. The van der Waals surface area contributed by atoms with Gasteiger partial charge < -0.3 is 4.57 Å². The minimum Gasteiger partial charge on any atom is -0.346 e. The Morgan fingerprint density at radius 2 is 1.52 bits per heavy atom. The molecule has 0 unspecified atom stereocenters. The molecule has 31 heavy (non-hydrogen) atoms. The van der Waals surface area contributed by atoms with E-state index in [4.69, 9.17) is 0 Å². The van der Waals surface area contributed by atoms with Gasteiger partial charge in [0.05, 0.1) is 5.56 Å². The van der Waals surface area contributed by atoms with Gasteiger partial charge in [0.1, 0.15) is 5.82 Å². The molecule has 166 valence electrons. The molecular formula is C25H28F4N2. The van der Waals surface area contributed by atoms with Crippen molar-refractivity contribution in [1.29, 1.82) is 0 Å². The van der Waals surface area contributed by atoms with Crippen molar-refractivity contribution in [2.75, 3.05) is 6.54 Å². The number of nitrogens with zero attached hydrogens (tertiary/aromatic N) is 2. The summed E-state index contributed by atoms with van der Waals surface area (Å²) < 4.78 is 53.7.